The molecule has 2 aromatic carbocycles. The van der Waals surface area contributed by atoms with Gasteiger partial charge in [0.1, 0.15) is 11.9 Å². The first kappa shape index (κ1) is 20.1. The van der Waals surface area contributed by atoms with Gasteiger partial charge in [-0.25, -0.2) is 10.4 Å². The molecule has 3 rings (SSSR count). The van der Waals surface area contributed by atoms with Crippen molar-refractivity contribution in [2.24, 2.45) is 5.10 Å². The molecule has 1 amide bonds. The van der Waals surface area contributed by atoms with Gasteiger partial charge in [0, 0.05) is 22.0 Å². The number of benzene rings is 2. The largest absolute Gasteiger partial charge is 0.339 e. The molecule has 3 aromatic rings. The van der Waals surface area contributed by atoms with Crippen LogP contribution in [0.4, 0.5) is 11.5 Å². The van der Waals surface area contributed by atoms with Crippen molar-refractivity contribution in [3.05, 3.63) is 87.6 Å². The highest BCUT2D eigenvalue weighted by molar-refractivity contribution is 6.30. The number of hydrogen-bond acceptors (Lipinski definition) is 5. The second-order valence-electron chi connectivity index (χ2n) is 6.37. The molecule has 0 aliphatic rings. The monoisotopic (exact) mass is 403 g/mol. The predicted molar refractivity (Wildman–Crippen MR) is 115 cm³/mol. The van der Waals surface area contributed by atoms with Crippen LogP contribution in [0, 0.1) is 25.2 Å². The molecule has 0 bridgehead atoms. The highest BCUT2D eigenvalue weighted by Gasteiger charge is 2.10. The molecule has 0 aliphatic heterocycles. The van der Waals surface area contributed by atoms with E-state index in [4.69, 9.17) is 11.6 Å². The van der Waals surface area contributed by atoms with E-state index < -0.39 is 0 Å². The van der Waals surface area contributed by atoms with Crippen LogP contribution in [0.5, 0.6) is 0 Å². The number of pyridine rings is 1. The topological polar surface area (TPSA) is 90.2 Å². The van der Waals surface area contributed by atoms with Gasteiger partial charge in [-0.1, -0.05) is 23.7 Å². The van der Waals surface area contributed by atoms with Crippen molar-refractivity contribution in [2.45, 2.75) is 13.8 Å². The summed E-state index contributed by atoms with van der Waals surface area (Å²) in [5.41, 5.74) is 6.66. The quantitative estimate of drug-likeness (QED) is 0.476. The summed E-state index contributed by atoms with van der Waals surface area (Å²) < 4.78 is 0. The van der Waals surface area contributed by atoms with Gasteiger partial charge in [-0.15, -0.1) is 0 Å². The fourth-order valence-corrected chi connectivity index (χ4v) is 2.81. The molecule has 1 heterocycles. The molecule has 6 nitrogen and oxygen atoms in total. The Bertz CT molecular complexity index is 1100. The Morgan fingerprint density at radius 3 is 2.48 bits per heavy atom. The molecule has 0 spiro atoms. The van der Waals surface area contributed by atoms with Gasteiger partial charge in [0.15, 0.2) is 0 Å². The van der Waals surface area contributed by atoms with Crippen LogP contribution in [0.2, 0.25) is 5.02 Å². The Balaban J connectivity index is 1.66. The number of hydrogen-bond donors (Lipinski definition) is 2. The van der Waals surface area contributed by atoms with Crippen LogP contribution >= 0.6 is 11.6 Å². The van der Waals surface area contributed by atoms with E-state index in [0.29, 0.717) is 22.0 Å². The maximum atomic E-state index is 12.2. The zero-order valence-corrected chi connectivity index (χ0v) is 16.7. The third-order valence-electron chi connectivity index (χ3n) is 4.12. The number of halogens is 1. The summed E-state index contributed by atoms with van der Waals surface area (Å²) in [6.45, 7) is 3.74. The van der Waals surface area contributed by atoms with E-state index in [2.05, 4.69) is 26.9 Å². The molecule has 0 unspecified atom stereocenters. The molecule has 0 saturated carbocycles. The molecule has 29 heavy (non-hydrogen) atoms. The number of nitrogens with one attached hydrogen (secondary N) is 2. The summed E-state index contributed by atoms with van der Waals surface area (Å²) in [6.07, 6.45) is 1.54. The lowest BCUT2D eigenvalue weighted by Crippen LogP contribution is -2.17. The van der Waals surface area contributed by atoms with E-state index in [9.17, 15) is 10.1 Å². The number of anilines is 2. The number of rotatable bonds is 5. The van der Waals surface area contributed by atoms with Gasteiger partial charge in [-0.05, 0) is 67.4 Å². The number of aromatic nitrogens is 1. The molecule has 0 radical (unpaired) electrons. The van der Waals surface area contributed by atoms with Gasteiger partial charge in [0.25, 0.3) is 5.91 Å². The number of hydrazone groups is 1. The standard InChI is InChI=1S/C22H18ClN5O/c1-14-11-15(2)26-21(20(14)12-24)27-19-9-5-17(6-10-19)22(29)28-25-13-16-3-7-18(23)8-4-16/h3-11,13H,1-2H3,(H,26,27)(H,28,29). The molecule has 0 saturated heterocycles. The molecule has 0 fully saturated rings. The Kier molecular flexibility index (Phi) is 6.22. The van der Waals surface area contributed by atoms with Gasteiger partial charge >= 0.3 is 0 Å². The van der Waals surface area contributed by atoms with Crippen LogP contribution in [0.15, 0.2) is 59.7 Å². The van der Waals surface area contributed by atoms with Crippen molar-refractivity contribution < 1.29 is 4.79 Å². The summed E-state index contributed by atoms with van der Waals surface area (Å²) in [5.74, 6) is 0.166. The minimum Gasteiger partial charge on any atom is -0.339 e. The maximum absolute atomic E-state index is 12.2. The van der Waals surface area contributed by atoms with Crippen molar-refractivity contribution >= 4 is 35.2 Å². The van der Waals surface area contributed by atoms with E-state index in [1.807, 2.05) is 19.9 Å². The lowest BCUT2D eigenvalue weighted by atomic mass is 10.1. The average Bonchev–Trinajstić information content (AvgIpc) is 2.70. The first-order valence-electron chi connectivity index (χ1n) is 8.80. The van der Waals surface area contributed by atoms with Crippen LogP contribution in [0.1, 0.15) is 32.7 Å². The van der Waals surface area contributed by atoms with Crippen LogP contribution in [0.3, 0.4) is 0 Å². The SMILES string of the molecule is Cc1cc(C)c(C#N)c(Nc2ccc(C(=O)NN=Cc3ccc(Cl)cc3)cc2)n1. The second kappa shape index (κ2) is 9.00. The van der Waals surface area contributed by atoms with Gasteiger partial charge in [-0.3, -0.25) is 4.79 Å². The number of carbonyl (C=O) groups is 1. The Labute approximate surface area is 173 Å². The number of nitrogens with zero attached hydrogens (tertiary/aromatic N) is 3. The van der Waals surface area contributed by atoms with E-state index in [1.165, 1.54) is 0 Å². The first-order chi connectivity index (χ1) is 14.0. The summed E-state index contributed by atoms with van der Waals surface area (Å²) >= 11 is 5.83. The van der Waals surface area contributed by atoms with Crippen molar-refractivity contribution in [1.82, 2.24) is 10.4 Å². The van der Waals surface area contributed by atoms with E-state index in [1.54, 1.807) is 54.7 Å². The molecule has 2 N–H and O–H groups in total. The lowest BCUT2D eigenvalue weighted by Gasteiger charge is -2.10. The Morgan fingerprint density at radius 1 is 1.14 bits per heavy atom. The van der Waals surface area contributed by atoms with Crippen molar-refractivity contribution in [3.8, 4) is 6.07 Å². The highest BCUT2D eigenvalue weighted by atomic mass is 35.5. The molecule has 144 valence electrons. The summed E-state index contributed by atoms with van der Waals surface area (Å²) in [5, 5.41) is 17.1. The summed E-state index contributed by atoms with van der Waals surface area (Å²) in [7, 11) is 0. The molecule has 0 atom stereocenters. The highest BCUT2D eigenvalue weighted by Crippen LogP contribution is 2.22. The van der Waals surface area contributed by atoms with Crippen LogP contribution in [-0.2, 0) is 0 Å². The fraction of sp³-hybridized carbons (Fsp3) is 0.0909. The minimum atomic E-state index is -0.330. The lowest BCUT2D eigenvalue weighted by molar-refractivity contribution is 0.0955. The smallest absolute Gasteiger partial charge is 0.271 e. The average molecular weight is 404 g/mol. The predicted octanol–water partition coefficient (Wildman–Crippen LogP) is 4.73. The number of nitriles is 1. The van der Waals surface area contributed by atoms with Gasteiger partial charge in [-0.2, -0.15) is 10.4 Å². The zero-order valence-electron chi connectivity index (χ0n) is 15.9. The fourth-order valence-electron chi connectivity index (χ4n) is 2.69. The summed E-state index contributed by atoms with van der Waals surface area (Å²) in [6, 6.07) is 18.0. The molecular weight excluding hydrogens is 386 g/mol. The van der Waals surface area contributed by atoms with Gasteiger partial charge in [0.05, 0.1) is 11.8 Å². The van der Waals surface area contributed by atoms with Crippen LogP contribution in [-0.4, -0.2) is 17.1 Å². The molecular formula is C22H18ClN5O. The second-order valence-corrected chi connectivity index (χ2v) is 6.81. The van der Waals surface area contributed by atoms with Gasteiger partial charge < -0.3 is 5.32 Å². The Morgan fingerprint density at radius 2 is 1.83 bits per heavy atom. The van der Waals surface area contributed by atoms with E-state index in [0.717, 1.165) is 22.5 Å². The molecule has 0 aliphatic carbocycles. The van der Waals surface area contributed by atoms with Crippen LogP contribution < -0.4 is 10.7 Å². The number of amides is 1. The minimum absolute atomic E-state index is 0.330. The first-order valence-corrected chi connectivity index (χ1v) is 9.18. The van der Waals surface area contributed by atoms with Crippen molar-refractivity contribution in [1.29, 1.82) is 5.26 Å². The number of aryl methyl sites for hydroxylation is 2. The van der Waals surface area contributed by atoms with E-state index >= 15 is 0 Å². The Hall–Kier alpha value is -3.69. The van der Waals surface area contributed by atoms with E-state index in [-0.39, 0.29) is 5.91 Å². The zero-order chi connectivity index (χ0) is 20.8. The van der Waals surface area contributed by atoms with Gasteiger partial charge in [0.2, 0.25) is 0 Å². The summed E-state index contributed by atoms with van der Waals surface area (Å²) in [4.78, 5) is 16.6. The number of carbonyl (C=O) groups excluding carboxylic acids is 1. The third-order valence-corrected chi connectivity index (χ3v) is 4.37. The third kappa shape index (κ3) is 5.18. The van der Waals surface area contributed by atoms with Crippen molar-refractivity contribution in [3.63, 3.8) is 0 Å². The molecule has 1 aromatic heterocycles. The van der Waals surface area contributed by atoms with Crippen LogP contribution in [0.25, 0.3) is 0 Å². The normalized spacial score (nSPS) is 10.6. The molecule has 7 heteroatoms. The van der Waals surface area contributed by atoms with Crippen molar-refractivity contribution in [2.75, 3.05) is 5.32 Å². The maximum Gasteiger partial charge on any atom is 0.271 e.